The van der Waals surface area contributed by atoms with E-state index in [1.54, 1.807) is 18.2 Å². The number of methoxy groups -OCH3 is 1. The van der Waals surface area contributed by atoms with E-state index >= 15 is 0 Å². The molecule has 1 aromatic heterocycles. The molecule has 0 amide bonds. The molecule has 0 bridgehead atoms. The molecule has 2 heterocycles. The van der Waals surface area contributed by atoms with Crippen LogP contribution in [0.5, 0.6) is 0 Å². The summed E-state index contributed by atoms with van der Waals surface area (Å²) in [6.07, 6.45) is -0.0669. The molecule has 6 nitrogen and oxygen atoms in total. The Bertz CT molecular complexity index is 602. The molecule has 1 unspecified atom stereocenters. The second-order valence-corrected chi connectivity index (χ2v) is 4.41. The number of carbonyl (C=O) groups is 1. The zero-order valence-corrected chi connectivity index (χ0v) is 10.6. The number of morpholine rings is 1. The predicted octanol–water partition coefficient (Wildman–Crippen LogP) is 1.01. The third-order valence-corrected chi connectivity index (χ3v) is 3.15. The molecule has 2 aromatic rings. The lowest BCUT2D eigenvalue weighted by molar-refractivity contribution is 0.0228. The first-order chi connectivity index (χ1) is 9.28. The van der Waals surface area contributed by atoms with Gasteiger partial charge < -0.3 is 19.8 Å². The van der Waals surface area contributed by atoms with Crippen molar-refractivity contribution in [3.05, 3.63) is 29.6 Å². The normalized spacial score (nSPS) is 19.5. The summed E-state index contributed by atoms with van der Waals surface area (Å²) in [5, 5.41) is 3.26. The highest BCUT2D eigenvalue weighted by atomic mass is 16.5. The van der Waals surface area contributed by atoms with E-state index in [9.17, 15) is 4.79 Å². The van der Waals surface area contributed by atoms with Gasteiger partial charge in [-0.15, -0.1) is 0 Å². The number of benzene rings is 1. The molecule has 3 rings (SSSR count). The van der Waals surface area contributed by atoms with E-state index < -0.39 is 0 Å². The largest absolute Gasteiger partial charge is 0.465 e. The van der Waals surface area contributed by atoms with Crippen LogP contribution in [0.1, 0.15) is 22.3 Å². The fraction of sp³-hybridized carbons (Fsp3) is 0.385. The summed E-state index contributed by atoms with van der Waals surface area (Å²) in [5.74, 6) is 0.429. The van der Waals surface area contributed by atoms with Crippen LogP contribution < -0.4 is 5.32 Å². The number of aromatic nitrogens is 2. The summed E-state index contributed by atoms with van der Waals surface area (Å²) in [5.41, 5.74) is 2.14. The average molecular weight is 261 g/mol. The Labute approximate surface area is 110 Å². The van der Waals surface area contributed by atoms with Gasteiger partial charge in [0.15, 0.2) is 0 Å². The van der Waals surface area contributed by atoms with Crippen molar-refractivity contribution in [2.45, 2.75) is 6.10 Å². The van der Waals surface area contributed by atoms with Gasteiger partial charge >= 0.3 is 5.97 Å². The van der Waals surface area contributed by atoms with Crippen LogP contribution in [0.25, 0.3) is 11.0 Å². The second kappa shape index (κ2) is 4.99. The third-order valence-electron chi connectivity index (χ3n) is 3.15. The summed E-state index contributed by atoms with van der Waals surface area (Å²) in [7, 11) is 1.37. The number of ether oxygens (including phenoxy) is 2. The standard InChI is InChI=1S/C13H15N3O3/c1-18-13(17)8-2-3-9-10(6-8)16-12(15-9)11-7-14-4-5-19-11/h2-3,6,11,14H,4-5,7H2,1H3,(H,15,16). The predicted molar refractivity (Wildman–Crippen MR) is 69.0 cm³/mol. The Balaban J connectivity index is 1.93. The van der Waals surface area contributed by atoms with Gasteiger partial charge in [0.25, 0.3) is 0 Å². The van der Waals surface area contributed by atoms with Crippen LogP contribution in [0.3, 0.4) is 0 Å². The first-order valence-electron chi connectivity index (χ1n) is 6.18. The van der Waals surface area contributed by atoms with Gasteiger partial charge in [-0.05, 0) is 18.2 Å². The van der Waals surface area contributed by atoms with E-state index in [1.807, 2.05) is 0 Å². The second-order valence-electron chi connectivity index (χ2n) is 4.41. The van der Waals surface area contributed by atoms with Crippen LogP contribution in [0, 0.1) is 0 Å². The Hall–Kier alpha value is -1.92. The summed E-state index contributed by atoms with van der Waals surface area (Å²) in [6, 6.07) is 5.25. The number of carbonyl (C=O) groups excluding carboxylic acids is 1. The lowest BCUT2D eigenvalue weighted by atomic mass is 10.2. The SMILES string of the molecule is COC(=O)c1ccc2nc(C3CNCCO3)[nH]c2c1. The fourth-order valence-electron chi connectivity index (χ4n) is 2.17. The minimum Gasteiger partial charge on any atom is -0.465 e. The van der Waals surface area contributed by atoms with E-state index in [4.69, 9.17) is 9.47 Å². The van der Waals surface area contributed by atoms with Crippen molar-refractivity contribution in [1.82, 2.24) is 15.3 Å². The molecule has 1 fully saturated rings. The van der Waals surface area contributed by atoms with Crippen molar-refractivity contribution in [3.8, 4) is 0 Å². The summed E-state index contributed by atoms with van der Waals surface area (Å²) >= 11 is 0. The molecule has 0 spiro atoms. The van der Waals surface area contributed by atoms with Crippen LogP contribution in [-0.4, -0.2) is 42.7 Å². The number of H-pyrrole nitrogens is 1. The van der Waals surface area contributed by atoms with Crippen molar-refractivity contribution in [1.29, 1.82) is 0 Å². The van der Waals surface area contributed by atoms with Crippen LogP contribution in [0.4, 0.5) is 0 Å². The highest BCUT2D eigenvalue weighted by Gasteiger charge is 2.19. The number of aromatic amines is 1. The van der Waals surface area contributed by atoms with Gasteiger partial charge in [0.2, 0.25) is 0 Å². The van der Waals surface area contributed by atoms with Crippen LogP contribution in [-0.2, 0) is 9.47 Å². The van der Waals surface area contributed by atoms with E-state index in [2.05, 4.69) is 15.3 Å². The monoisotopic (exact) mass is 261 g/mol. The van der Waals surface area contributed by atoms with E-state index in [1.165, 1.54) is 7.11 Å². The Morgan fingerprint density at radius 3 is 3.16 bits per heavy atom. The molecule has 0 saturated carbocycles. The zero-order valence-electron chi connectivity index (χ0n) is 10.6. The lowest BCUT2D eigenvalue weighted by Gasteiger charge is -2.21. The average Bonchev–Trinajstić information content (AvgIpc) is 2.90. The van der Waals surface area contributed by atoms with Crippen molar-refractivity contribution in [2.75, 3.05) is 26.8 Å². The molecule has 1 aromatic carbocycles. The Kier molecular flexibility index (Phi) is 3.18. The zero-order chi connectivity index (χ0) is 13.2. The first kappa shape index (κ1) is 12.1. The number of imidazole rings is 1. The van der Waals surface area contributed by atoms with E-state index in [-0.39, 0.29) is 12.1 Å². The van der Waals surface area contributed by atoms with Gasteiger partial charge in [0, 0.05) is 13.1 Å². The maximum atomic E-state index is 11.5. The Morgan fingerprint density at radius 1 is 1.53 bits per heavy atom. The maximum Gasteiger partial charge on any atom is 0.337 e. The third kappa shape index (κ3) is 2.32. The van der Waals surface area contributed by atoms with Gasteiger partial charge in [-0.1, -0.05) is 0 Å². The molecular weight excluding hydrogens is 246 g/mol. The number of nitrogens with zero attached hydrogens (tertiary/aromatic N) is 1. The quantitative estimate of drug-likeness (QED) is 0.789. The summed E-state index contributed by atoms with van der Waals surface area (Å²) in [6.45, 7) is 2.28. The van der Waals surface area contributed by atoms with Gasteiger partial charge in [-0.3, -0.25) is 0 Å². The minimum absolute atomic E-state index is 0.0669. The molecule has 100 valence electrons. The molecule has 0 aliphatic carbocycles. The molecule has 1 aliphatic heterocycles. The van der Waals surface area contributed by atoms with Gasteiger partial charge in [-0.2, -0.15) is 0 Å². The first-order valence-corrected chi connectivity index (χ1v) is 6.18. The summed E-state index contributed by atoms with van der Waals surface area (Å²) < 4.78 is 10.3. The number of nitrogens with one attached hydrogen (secondary N) is 2. The van der Waals surface area contributed by atoms with Gasteiger partial charge in [-0.25, -0.2) is 9.78 Å². The molecule has 1 saturated heterocycles. The van der Waals surface area contributed by atoms with Crippen molar-refractivity contribution in [3.63, 3.8) is 0 Å². The van der Waals surface area contributed by atoms with Crippen molar-refractivity contribution in [2.24, 2.45) is 0 Å². The van der Waals surface area contributed by atoms with E-state index in [0.29, 0.717) is 12.2 Å². The number of fused-ring (bicyclic) bond motifs is 1. The highest BCUT2D eigenvalue weighted by Crippen LogP contribution is 2.21. The molecule has 6 heteroatoms. The molecule has 1 aliphatic rings. The van der Waals surface area contributed by atoms with Crippen molar-refractivity contribution >= 4 is 17.0 Å². The number of hydrogen-bond donors (Lipinski definition) is 2. The molecule has 2 N–H and O–H groups in total. The topological polar surface area (TPSA) is 76.2 Å². The van der Waals surface area contributed by atoms with Crippen LogP contribution >= 0.6 is 0 Å². The number of rotatable bonds is 2. The highest BCUT2D eigenvalue weighted by molar-refractivity contribution is 5.93. The molecule has 1 atom stereocenters. The maximum absolute atomic E-state index is 11.5. The minimum atomic E-state index is -0.353. The Morgan fingerprint density at radius 2 is 2.42 bits per heavy atom. The van der Waals surface area contributed by atoms with Gasteiger partial charge in [0.05, 0.1) is 30.3 Å². The van der Waals surface area contributed by atoms with Crippen LogP contribution in [0.2, 0.25) is 0 Å². The number of esters is 1. The van der Waals surface area contributed by atoms with Gasteiger partial charge in [0.1, 0.15) is 11.9 Å². The summed E-state index contributed by atoms with van der Waals surface area (Å²) in [4.78, 5) is 19.2. The van der Waals surface area contributed by atoms with Crippen molar-refractivity contribution < 1.29 is 14.3 Å². The van der Waals surface area contributed by atoms with E-state index in [0.717, 1.165) is 29.9 Å². The molecule has 19 heavy (non-hydrogen) atoms. The van der Waals surface area contributed by atoms with Crippen LogP contribution in [0.15, 0.2) is 18.2 Å². The smallest absolute Gasteiger partial charge is 0.337 e. The fourth-order valence-corrected chi connectivity index (χ4v) is 2.17. The number of hydrogen-bond acceptors (Lipinski definition) is 5. The molecular formula is C13H15N3O3. The molecule has 0 radical (unpaired) electrons. The lowest BCUT2D eigenvalue weighted by Crippen LogP contribution is -2.33.